The fraction of sp³-hybridized carbons (Fsp3) is 0.280. The lowest BCUT2D eigenvalue weighted by Gasteiger charge is -2.13. The monoisotopic (exact) mass is 474 g/mol. The van der Waals surface area contributed by atoms with Crippen LogP contribution in [0.3, 0.4) is 0 Å². The first-order valence-corrected chi connectivity index (χ1v) is 12.3. The van der Waals surface area contributed by atoms with E-state index >= 15 is 0 Å². The molecular weight excluding hydrogens is 448 g/mol. The number of nitrogens with one attached hydrogen (secondary N) is 1. The van der Waals surface area contributed by atoms with Crippen molar-refractivity contribution in [2.75, 3.05) is 12.4 Å². The van der Waals surface area contributed by atoms with Gasteiger partial charge in [0.25, 0.3) is 5.91 Å². The Hall–Kier alpha value is -3.43. The van der Waals surface area contributed by atoms with Gasteiger partial charge in [-0.3, -0.25) is 4.79 Å². The first kappa shape index (κ1) is 22.4. The molecule has 0 radical (unpaired) electrons. The summed E-state index contributed by atoms with van der Waals surface area (Å²) in [7, 11) is 0. The molecule has 1 fully saturated rings. The van der Waals surface area contributed by atoms with Crippen LogP contribution in [0, 0.1) is 0 Å². The second-order valence-corrected chi connectivity index (χ2v) is 9.05. The smallest absolute Gasteiger partial charge is 0.253 e. The molecule has 1 aliphatic heterocycles. The van der Waals surface area contributed by atoms with Crippen LogP contribution >= 0.6 is 11.8 Å². The van der Waals surface area contributed by atoms with Crippen LogP contribution in [0.5, 0.6) is 0 Å². The Labute approximate surface area is 202 Å². The van der Waals surface area contributed by atoms with Gasteiger partial charge in [-0.15, -0.1) is 10.2 Å². The average Bonchev–Trinajstić information content (AvgIpc) is 3.65. The SMILES string of the molecule is O=C(NCc1nnc(SC[C@H]2CCCO2)n1Cc1ccccc1)c1ccccc1-n1cccn1. The molecule has 0 aliphatic carbocycles. The molecule has 1 amide bonds. The van der Waals surface area contributed by atoms with Gasteiger partial charge in [0.2, 0.25) is 0 Å². The molecule has 5 rings (SSSR count). The minimum atomic E-state index is -0.186. The maximum absolute atomic E-state index is 13.1. The summed E-state index contributed by atoms with van der Waals surface area (Å²) in [6.45, 7) is 1.74. The molecule has 34 heavy (non-hydrogen) atoms. The predicted octanol–water partition coefficient (Wildman–Crippen LogP) is 3.71. The lowest BCUT2D eigenvalue weighted by molar-refractivity contribution is 0.0949. The zero-order valence-corrected chi connectivity index (χ0v) is 19.5. The van der Waals surface area contributed by atoms with E-state index < -0.39 is 0 Å². The molecule has 1 saturated heterocycles. The number of carbonyl (C=O) groups excluding carboxylic acids is 1. The van der Waals surface area contributed by atoms with Crippen molar-refractivity contribution in [3.8, 4) is 5.69 Å². The van der Waals surface area contributed by atoms with E-state index in [0.717, 1.165) is 41.6 Å². The maximum atomic E-state index is 13.1. The molecule has 1 N–H and O–H groups in total. The number of nitrogens with zero attached hydrogens (tertiary/aromatic N) is 5. The summed E-state index contributed by atoms with van der Waals surface area (Å²) in [5.74, 6) is 1.37. The standard InChI is InChI=1S/C25H26N6O2S/c32-24(21-11-4-5-12-22(21)31-14-7-13-27-31)26-16-23-28-29-25(34-18-20-10-6-15-33-20)30(23)17-19-8-2-1-3-9-19/h1-5,7-9,11-14,20H,6,10,15-18H2,(H,26,32)/t20-/m1/s1. The lowest BCUT2D eigenvalue weighted by Crippen LogP contribution is -2.26. The van der Waals surface area contributed by atoms with Crippen molar-refractivity contribution in [2.24, 2.45) is 0 Å². The fourth-order valence-corrected chi connectivity index (χ4v) is 4.98. The summed E-state index contributed by atoms with van der Waals surface area (Å²) in [5.41, 5.74) is 2.43. The number of aromatic nitrogens is 5. The predicted molar refractivity (Wildman–Crippen MR) is 130 cm³/mol. The van der Waals surface area contributed by atoms with Crippen LogP contribution in [-0.4, -0.2) is 48.9 Å². The van der Waals surface area contributed by atoms with Crippen LogP contribution in [0.2, 0.25) is 0 Å². The molecule has 4 aromatic rings. The number of benzene rings is 2. The van der Waals surface area contributed by atoms with Gasteiger partial charge >= 0.3 is 0 Å². The van der Waals surface area contributed by atoms with Gasteiger partial charge in [0.1, 0.15) is 0 Å². The number of carbonyl (C=O) groups is 1. The number of amides is 1. The molecule has 1 aliphatic rings. The van der Waals surface area contributed by atoms with Crippen molar-refractivity contribution in [2.45, 2.75) is 37.2 Å². The van der Waals surface area contributed by atoms with E-state index in [-0.39, 0.29) is 18.6 Å². The topological polar surface area (TPSA) is 86.9 Å². The molecule has 0 bridgehead atoms. The zero-order chi connectivity index (χ0) is 23.2. The summed E-state index contributed by atoms with van der Waals surface area (Å²) < 4.78 is 9.53. The Balaban J connectivity index is 1.33. The normalized spacial score (nSPS) is 15.5. The molecule has 1 atom stereocenters. The summed E-state index contributed by atoms with van der Waals surface area (Å²) in [4.78, 5) is 13.1. The number of para-hydroxylation sites is 1. The third kappa shape index (κ3) is 5.21. The maximum Gasteiger partial charge on any atom is 0.253 e. The Bertz CT molecular complexity index is 1220. The average molecular weight is 475 g/mol. The van der Waals surface area contributed by atoms with Crippen molar-refractivity contribution >= 4 is 17.7 Å². The van der Waals surface area contributed by atoms with Crippen LogP contribution in [0.15, 0.2) is 78.2 Å². The molecular formula is C25H26N6O2S. The van der Waals surface area contributed by atoms with Crippen molar-refractivity contribution < 1.29 is 9.53 Å². The Morgan fingerprint density at radius 2 is 1.94 bits per heavy atom. The van der Waals surface area contributed by atoms with E-state index in [1.807, 2.05) is 48.7 Å². The summed E-state index contributed by atoms with van der Waals surface area (Å²) in [5, 5.41) is 17.0. The van der Waals surface area contributed by atoms with Gasteiger partial charge in [-0.2, -0.15) is 5.10 Å². The van der Waals surface area contributed by atoms with Crippen molar-refractivity contribution in [3.05, 3.63) is 90.0 Å². The van der Waals surface area contributed by atoms with E-state index in [1.165, 1.54) is 0 Å². The van der Waals surface area contributed by atoms with E-state index in [2.05, 4.69) is 37.3 Å². The second kappa shape index (κ2) is 10.7. The fourth-order valence-electron chi connectivity index (χ4n) is 3.96. The minimum absolute atomic E-state index is 0.186. The van der Waals surface area contributed by atoms with E-state index in [0.29, 0.717) is 17.9 Å². The van der Waals surface area contributed by atoms with Crippen LogP contribution in [0.4, 0.5) is 0 Å². The lowest BCUT2D eigenvalue weighted by atomic mass is 10.1. The molecule has 8 nitrogen and oxygen atoms in total. The van der Waals surface area contributed by atoms with E-state index in [9.17, 15) is 4.79 Å². The Kier molecular flexibility index (Phi) is 7.02. The van der Waals surface area contributed by atoms with Gasteiger partial charge < -0.3 is 14.6 Å². The summed E-state index contributed by atoms with van der Waals surface area (Å²) in [6, 6.07) is 19.4. The molecule has 9 heteroatoms. The summed E-state index contributed by atoms with van der Waals surface area (Å²) >= 11 is 1.66. The van der Waals surface area contributed by atoms with Crippen LogP contribution in [-0.2, 0) is 17.8 Å². The number of rotatable bonds is 9. The number of thioether (sulfide) groups is 1. The number of ether oxygens (including phenoxy) is 1. The Morgan fingerprint density at radius 3 is 2.74 bits per heavy atom. The number of hydrogen-bond donors (Lipinski definition) is 1. The highest BCUT2D eigenvalue weighted by molar-refractivity contribution is 7.99. The Morgan fingerprint density at radius 1 is 1.09 bits per heavy atom. The molecule has 2 aromatic heterocycles. The molecule has 0 unspecified atom stereocenters. The molecule has 0 saturated carbocycles. The van der Waals surface area contributed by atoms with Crippen molar-refractivity contribution in [1.29, 1.82) is 0 Å². The van der Waals surface area contributed by atoms with Gasteiger partial charge in [-0.25, -0.2) is 4.68 Å². The first-order chi connectivity index (χ1) is 16.8. The van der Waals surface area contributed by atoms with Crippen LogP contribution in [0.1, 0.15) is 34.6 Å². The summed E-state index contributed by atoms with van der Waals surface area (Å²) in [6.07, 6.45) is 5.96. The third-order valence-electron chi connectivity index (χ3n) is 5.71. The minimum Gasteiger partial charge on any atom is -0.377 e. The zero-order valence-electron chi connectivity index (χ0n) is 18.7. The van der Waals surface area contributed by atoms with Crippen LogP contribution < -0.4 is 5.32 Å². The van der Waals surface area contributed by atoms with Gasteiger partial charge in [0.15, 0.2) is 11.0 Å². The molecule has 174 valence electrons. The van der Waals surface area contributed by atoms with Gasteiger partial charge in [-0.05, 0) is 36.6 Å². The highest BCUT2D eigenvalue weighted by Gasteiger charge is 2.20. The first-order valence-electron chi connectivity index (χ1n) is 11.4. The van der Waals surface area contributed by atoms with Gasteiger partial charge in [0, 0.05) is 24.8 Å². The van der Waals surface area contributed by atoms with Gasteiger partial charge in [-0.1, -0.05) is 54.2 Å². The largest absolute Gasteiger partial charge is 0.377 e. The van der Waals surface area contributed by atoms with E-state index in [1.54, 1.807) is 28.7 Å². The van der Waals surface area contributed by atoms with Crippen molar-refractivity contribution in [3.63, 3.8) is 0 Å². The highest BCUT2D eigenvalue weighted by Crippen LogP contribution is 2.24. The van der Waals surface area contributed by atoms with Crippen LogP contribution in [0.25, 0.3) is 5.69 Å². The quantitative estimate of drug-likeness (QED) is 0.372. The van der Waals surface area contributed by atoms with E-state index in [4.69, 9.17) is 4.74 Å². The molecule has 2 aromatic carbocycles. The van der Waals surface area contributed by atoms with Crippen molar-refractivity contribution in [1.82, 2.24) is 29.9 Å². The van der Waals surface area contributed by atoms with Gasteiger partial charge in [0.05, 0.1) is 30.4 Å². The number of hydrogen-bond acceptors (Lipinski definition) is 6. The highest BCUT2D eigenvalue weighted by atomic mass is 32.2. The second-order valence-electron chi connectivity index (χ2n) is 8.07. The molecule has 0 spiro atoms. The third-order valence-corrected chi connectivity index (χ3v) is 6.80. The molecule has 3 heterocycles.